The summed E-state index contributed by atoms with van der Waals surface area (Å²) >= 11 is 7.80. The number of carbonyl (C=O) groups is 1. The van der Waals surface area contributed by atoms with Crippen molar-refractivity contribution in [2.75, 3.05) is 6.54 Å². The number of thiazole rings is 1. The van der Waals surface area contributed by atoms with Gasteiger partial charge < -0.3 is 5.32 Å². The smallest absolute Gasteiger partial charge is 0.166 e. The number of halogens is 1. The highest BCUT2D eigenvalue weighted by Gasteiger charge is 2.24. The Balaban J connectivity index is 1.37. The standard InChI is InChI=1S/C21H23ClN4OS/c1-26-13-15(12-24-26)18(27)3-2-4-20-25-21-17(23-10-9-19(21)28-20)11-14-5-7-16(22)8-6-14/h5-8,12-13,17,23H,2-4,9-11H2,1H3. The van der Waals surface area contributed by atoms with Crippen molar-refractivity contribution in [1.82, 2.24) is 20.1 Å². The van der Waals surface area contributed by atoms with Gasteiger partial charge in [-0.1, -0.05) is 23.7 Å². The number of rotatable bonds is 7. The first-order valence-corrected chi connectivity index (χ1v) is 10.8. The largest absolute Gasteiger partial charge is 0.308 e. The second kappa shape index (κ2) is 8.55. The van der Waals surface area contributed by atoms with Gasteiger partial charge in [0.25, 0.3) is 0 Å². The lowest BCUT2D eigenvalue weighted by Gasteiger charge is -2.23. The number of ketones is 1. The third kappa shape index (κ3) is 4.51. The van der Waals surface area contributed by atoms with Crippen LogP contribution < -0.4 is 5.32 Å². The quantitative estimate of drug-likeness (QED) is 0.589. The molecule has 0 aliphatic carbocycles. The lowest BCUT2D eigenvalue weighted by Crippen LogP contribution is -2.30. The van der Waals surface area contributed by atoms with Gasteiger partial charge in [-0.05, 0) is 43.4 Å². The number of benzene rings is 1. The zero-order chi connectivity index (χ0) is 19.5. The lowest BCUT2D eigenvalue weighted by molar-refractivity contribution is 0.0980. The first-order valence-electron chi connectivity index (χ1n) is 9.56. The normalized spacial score (nSPS) is 16.1. The predicted molar refractivity (Wildman–Crippen MR) is 112 cm³/mol. The minimum atomic E-state index is 0.150. The van der Waals surface area contributed by atoms with Crippen molar-refractivity contribution in [2.24, 2.45) is 7.05 Å². The number of Topliss-reactive ketones (excluding diaryl/α,β-unsaturated/α-hetero) is 1. The van der Waals surface area contributed by atoms with Crippen molar-refractivity contribution >= 4 is 28.7 Å². The summed E-state index contributed by atoms with van der Waals surface area (Å²) in [6.45, 7) is 0.979. The third-order valence-electron chi connectivity index (χ3n) is 5.02. The van der Waals surface area contributed by atoms with E-state index in [1.165, 1.54) is 16.1 Å². The van der Waals surface area contributed by atoms with E-state index in [0.717, 1.165) is 42.3 Å². The van der Waals surface area contributed by atoms with Gasteiger partial charge >= 0.3 is 0 Å². The fourth-order valence-corrected chi connectivity index (χ4v) is 4.86. The van der Waals surface area contributed by atoms with E-state index in [-0.39, 0.29) is 11.8 Å². The second-order valence-corrected chi connectivity index (χ2v) is 8.79. The van der Waals surface area contributed by atoms with E-state index in [1.54, 1.807) is 28.4 Å². The summed E-state index contributed by atoms with van der Waals surface area (Å²) < 4.78 is 1.66. The second-order valence-electron chi connectivity index (χ2n) is 7.18. The molecule has 1 atom stereocenters. The topological polar surface area (TPSA) is 59.8 Å². The maximum Gasteiger partial charge on any atom is 0.166 e. The molecule has 3 aromatic rings. The third-order valence-corrected chi connectivity index (χ3v) is 6.46. The number of aryl methyl sites for hydroxylation is 2. The van der Waals surface area contributed by atoms with Crippen molar-refractivity contribution in [1.29, 1.82) is 0 Å². The number of fused-ring (bicyclic) bond motifs is 1. The number of nitrogens with one attached hydrogen (secondary N) is 1. The van der Waals surface area contributed by atoms with Crippen LogP contribution in [0.25, 0.3) is 0 Å². The molecular formula is C21H23ClN4OS. The molecule has 2 aromatic heterocycles. The molecule has 1 N–H and O–H groups in total. The van der Waals surface area contributed by atoms with Crippen LogP contribution in [0.15, 0.2) is 36.7 Å². The minimum absolute atomic E-state index is 0.150. The summed E-state index contributed by atoms with van der Waals surface area (Å²) in [6.07, 6.45) is 7.54. The van der Waals surface area contributed by atoms with Gasteiger partial charge in [0.1, 0.15) is 0 Å². The van der Waals surface area contributed by atoms with Crippen molar-refractivity contribution in [3.63, 3.8) is 0 Å². The van der Waals surface area contributed by atoms with Gasteiger partial charge in [-0.3, -0.25) is 9.48 Å². The van der Waals surface area contributed by atoms with E-state index in [1.807, 2.05) is 19.2 Å². The summed E-state index contributed by atoms with van der Waals surface area (Å²) in [4.78, 5) is 18.5. The number of hydrogen-bond acceptors (Lipinski definition) is 5. The monoisotopic (exact) mass is 414 g/mol. The fourth-order valence-electron chi connectivity index (χ4n) is 3.56. The molecule has 0 radical (unpaired) electrons. The van der Waals surface area contributed by atoms with Gasteiger partial charge in [-0.25, -0.2) is 4.98 Å². The fraction of sp³-hybridized carbons (Fsp3) is 0.381. The van der Waals surface area contributed by atoms with Crippen LogP contribution in [0.5, 0.6) is 0 Å². The minimum Gasteiger partial charge on any atom is -0.308 e. The molecule has 7 heteroatoms. The number of carbonyl (C=O) groups excluding carboxylic acids is 1. The molecule has 0 amide bonds. The highest BCUT2D eigenvalue weighted by Crippen LogP contribution is 2.31. The van der Waals surface area contributed by atoms with Crippen LogP contribution in [-0.4, -0.2) is 27.1 Å². The summed E-state index contributed by atoms with van der Waals surface area (Å²) in [5.41, 5.74) is 3.12. The van der Waals surface area contributed by atoms with Crippen molar-refractivity contribution < 1.29 is 4.79 Å². The van der Waals surface area contributed by atoms with Crippen molar-refractivity contribution in [3.8, 4) is 0 Å². The van der Waals surface area contributed by atoms with Crippen LogP contribution in [0.4, 0.5) is 0 Å². The van der Waals surface area contributed by atoms with E-state index in [4.69, 9.17) is 16.6 Å². The Labute approximate surface area is 173 Å². The molecule has 3 heterocycles. The highest BCUT2D eigenvalue weighted by molar-refractivity contribution is 7.11. The Kier molecular flexibility index (Phi) is 5.90. The Morgan fingerprint density at radius 3 is 2.93 bits per heavy atom. The zero-order valence-corrected chi connectivity index (χ0v) is 17.4. The molecule has 1 aromatic carbocycles. The van der Waals surface area contributed by atoms with E-state index in [9.17, 15) is 4.79 Å². The molecule has 1 aliphatic heterocycles. The molecule has 0 saturated heterocycles. The molecule has 1 aliphatic rings. The zero-order valence-electron chi connectivity index (χ0n) is 15.8. The average molecular weight is 415 g/mol. The van der Waals surface area contributed by atoms with Gasteiger partial charge in [-0.15, -0.1) is 11.3 Å². The van der Waals surface area contributed by atoms with E-state index < -0.39 is 0 Å². The average Bonchev–Trinajstić information content (AvgIpc) is 3.30. The van der Waals surface area contributed by atoms with Gasteiger partial charge in [0.2, 0.25) is 0 Å². The maximum absolute atomic E-state index is 12.2. The molecule has 5 nitrogen and oxygen atoms in total. The number of aromatic nitrogens is 3. The summed E-state index contributed by atoms with van der Waals surface area (Å²) in [7, 11) is 1.82. The van der Waals surface area contributed by atoms with Crippen molar-refractivity contribution in [2.45, 2.75) is 38.1 Å². The SMILES string of the molecule is Cn1cc(C(=O)CCCc2nc3c(s2)CCNC3Cc2ccc(Cl)cc2)cn1. The highest BCUT2D eigenvalue weighted by atomic mass is 35.5. The van der Waals surface area contributed by atoms with Gasteiger partial charge in [0.15, 0.2) is 5.78 Å². The molecule has 0 spiro atoms. The predicted octanol–water partition coefficient (Wildman–Crippen LogP) is 4.17. The first-order chi connectivity index (χ1) is 13.6. The van der Waals surface area contributed by atoms with Crippen LogP contribution in [0.3, 0.4) is 0 Å². The van der Waals surface area contributed by atoms with Crippen LogP contribution >= 0.6 is 22.9 Å². The molecule has 0 saturated carbocycles. The molecule has 0 fully saturated rings. The van der Waals surface area contributed by atoms with Gasteiger partial charge in [0, 0.05) is 36.1 Å². The maximum atomic E-state index is 12.2. The summed E-state index contributed by atoms with van der Waals surface area (Å²) in [5, 5.41) is 9.56. The molecule has 28 heavy (non-hydrogen) atoms. The Morgan fingerprint density at radius 2 is 2.18 bits per heavy atom. The summed E-state index contributed by atoms with van der Waals surface area (Å²) in [5.74, 6) is 0.150. The first kappa shape index (κ1) is 19.3. The Hall–Kier alpha value is -2.02. The van der Waals surface area contributed by atoms with Crippen molar-refractivity contribution in [3.05, 3.63) is 68.4 Å². The van der Waals surface area contributed by atoms with Crippen LogP contribution in [0.2, 0.25) is 5.02 Å². The lowest BCUT2D eigenvalue weighted by atomic mass is 9.99. The van der Waals surface area contributed by atoms with Crippen LogP contribution in [-0.2, 0) is 26.3 Å². The van der Waals surface area contributed by atoms with E-state index in [0.29, 0.717) is 12.0 Å². The van der Waals surface area contributed by atoms with E-state index in [2.05, 4.69) is 22.5 Å². The molecule has 0 bridgehead atoms. The molecule has 4 rings (SSSR count). The van der Waals surface area contributed by atoms with Crippen LogP contribution in [0.1, 0.15) is 50.4 Å². The van der Waals surface area contributed by atoms with Gasteiger partial charge in [-0.2, -0.15) is 5.10 Å². The van der Waals surface area contributed by atoms with Crippen LogP contribution in [0, 0.1) is 0 Å². The number of nitrogens with zero attached hydrogens (tertiary/aromatic N) is 3. The Morgan fingerprint density at radius 1 is 1.36 bits per heavy atom. The van der Waals surface area contributed by atoms with Gasteiger partial charge in [0.05, 0.1) is 28.5 Å². The molecule has 146 valence electrons. The molecule has 1 unspecified atom stereocenters. The number of hydrogen-bond donors (Lipinski definition) is 1. The Bertz CT molecular complexity index is 963. The summed E-state index contributed by atoms with van der Waals surface area (Å²) in [6, 6.07) is 8.27. The molecular weight excluding hydrogens is 392 g/mol. The van der Waals surface area contributed by atoms with E-state index >= 15 is 0 Å².